The number of benzene rings is 1. The number of aryl methyl sites for hydroxylation is 1. The number of aromatic nitrogens is 1. The Morgan fingerprint density at radius 3 is 2.53 bits per heavy atom. The van der Waals surface area contributed by atoms with Gasteiger partial charge in [-0.15, -0.1) is 0 Å². The molecule has 0 amide bonds. The van der Waals surface area contributed by atoms with Crippen LogP contribution in [0.5, 0.6) is 0 Å². The van der Waals surface area contributed by atoms with Crippen LogP contribution >= 0.6 is 22.6 Å². The normalized spacial score (nSPS) is 10.5. The fourth-order valence-electron chi connectivity index (χ4n) is 1.70. The van der Waals surface area contributed by atoms with E-state index >= 15 is 0 Å². The van der Waals surface area contributed by atoms with Crippen molar-refractivity contribution in [2.24, 2.45) is 0 Å². The third kappa shape index (κ3) is 2.52. The van der Waals surface area contributed by atoms with Gasteiger partial charge in [0.15, 0.2) is 0 Å². The van der Waals surface area contributed by atoms with E-state index in [-0.39, 0.29) is 0 Å². The first kappa shape index (κ1) is 12.2. The van der Waals surface area contributed by atoms with Crippen molar-refractivity contribution in [1.29, 1.82) is 0 Å². The van der Waals surface area contributed by atoms with Gasteiger partial charge in [0.2, 0.25) is 0 Å². The minimum atomic E-state index is -0.910. The van der Waals surface area contributed by atoms with E-state index in [1.807, 2.05) is 30.5 Å². The number of halogens is 1. The second-order valence-electron chi connectivity index (χ2n) is 3.74. The number of carboxylic acid groups (broad SMARTS) is 1. The molecular formula is C13H12INO2. The van der Waals surface area contributed by atoms with Crippen LogP contribution in [0.2, 0.25) is 0 Å². The van der Waals surface area contributed by atoms with E-state index in [0.717, 1.165) is 15.7 Å². The molecule has 17 heavy (non-hydrogen) atoms. The molecule has 0 saturated heterocycles. The SMILES string of the molecule is CCc1ccc(-n2cc(I)cc2C(=O)O)cc1. The van der Waals surface area contributed by atoms with Crippen LogP contribution in [0.15, 0.2) is 36.5 Å². The van der Waals surface area contributed by atoms with E-state index < -0.39 is 5.97 Å². The molecule has 1 N–H and O–H groups in total. The monoisotopic (exact) mass is 341 g/mol. The quantitative estimate of drug-likeness (QED) is 0.870. The molecule has 3 nitrogen and oxygen atoms in total. The molecule has 0 atom stereocenters. The zero-order valence-electron chi connectivity index (χ0n) is 9.35. The summed E-state index contributed by atoms with van der Waals surface area (Å²) in [6.07, 6.45) is 2.81. The number of rotatable bonds is 3. The average molecular weight is 341 g/mol. The molecule has 88 valence electrons. The third-order valence-corrected chi connectivity index (χ3v) is 3.22. The van der Waals surface area contributed by atoms with Crippen molar-refractivity contribution in [3.8, 4) is 5.69 Å². The molecule has 2 aromatic rings. The van der Waals surface area contributed by atoms with Crippen LogP contribution in [0.3, 0.4) is 0 Å². The van der Waals surface area contributed by atoms with Gasteiger partial charge in [0.05, 0.1) is 0 Å². The smallest absolute Gasteiger partial charge is 0.352 e. The second-order valence-corrected chi connectivity index (χ2v) is 4.98. The molecule has 0 unspecified atom stereocenters. The number of carboxylic acids is 1. The minimum absolute atomic E-state index is 0.290. The van der Waals surface area contributed by atoms with Gasteiger partial charge in [0, 0.05) is 15.5 Å². The summed E-state index contributed by atoms with van der Waals surface area (Å²) in [5.41, 5.74) is 2.41. The van der Waals surface area contributed by atoms with E-state index in [0.29, 0.717) is 5.69 Å². The maximum Gasteiger partial charge on any atom is 0.352 e. The molecule has 1 heterocycles. The number of hydrogen-bond acceptors (Lipinski definition) is 1. The van der Waals surface area contributed by atoms with Gasteiger partial charge in [0.1, 0.15) is 5.69 Å². The first-order chi connectivity index (χ1) is 8.11. The predicted molar refractivity (Wildman–Crippen MR) is 74.8 cm³/mol. The van der Waals surface area contributed by atoms with Crippen molar-refractivity contribution in [3.63, 3.8) is 0 Å². The first-order valence-electron chi connectivity index (χ1n) is 5.32. The summed E-state index contributed by atoms with van der Waals surface area (Å²) in [6.45, 7) is 2.09. The van der Waals surface area contributed by atoms with E-state index in [4.69, 9.17) is 5.11 Å². The largest absolute Gasteiger partial charge is 0.477 e. The van der Waals surface area contributed by atoms with Crippen LogP contribution in [0.1, 0.15) is 23.0 Å². The van der Waals surface area contributed by atoms with Crippen molar-refractivity contribution in [3.05, 3.63) is 51.4 Å². The maximum absolute atomic E-state index is 11.1. The van der Waals surface area contributed by atoms with Crippen LogP contribution < -0.4 is 0 Å². The Morgan fingerprint density at radius 1 is 1.35 bits per heavy atom. The Morgan fingerprint density at radius 2 is 2.00 bits per heavy atom. The van der Waals surface area contributed by atoms with Gasteiger partial charge in [0.25, 0.3) is 0 Å². The molecule has 1 aromatic heterocycles. The number of nitrogens with zero attached hydrogens (tertiary/aromatic N) is 1. The Kier molecular flexibility index (Phi) is 3.51. The lowest BCUT2D eigenvalue weighted by atomic mass is 10.1. The van der Waals surface area contributed by atoms with Crippen molar-refractivity contribution >= 4 is 28.6 Å². The van der Waals surface area contributed by atoms with Crippen LogP contribution in [-0.2, 0) is 6.42 Å². The van der Waals surface area contributed by atoms with E-state index in [2.05, 4.69) is 29.5 Å². The lowest BCUT2D eigenvalue weighted by Crippen LogP contribution is -2.05. The number of aromatic carboxylic acids is 1. The Balaban J connectivity index is 2.48. The second kappa shape index (κ2) is 4.91. The van der Waals surface area contributed by atoms with Gasteiger partial charge in [-0.25, -0.2) is 4.79 Å². The molecule has 2 rings (SSSR count). The molecule has 4 heteroatoms. The van der Waals surface area contributed by atoms with Gasteiger partial charge < -0.3 is 9.67 Å². The van der Waals surface area contributed by atoms with Gasteiger partial charge in [-0.2, -0.15) is 0 Å². The van der Waals surface area contributed by atoms with Crippen molar-refractivity contribution in [2.45, 2.75) is 13.3 Å². The lowest BCUT2D eigenvalue weighted by Gasteiger charge is -2.06. The third-order valence-electron chi connectivity index (χ3n) is 2.63. The Hall–Kier alpha value is -1.30. The zero-order chi connectivity index (χ0) is 12.4. The fourth-order valence-corrected chi connectivity index (χ4v) is 2.27. The van der Waals surface area contributed by atoms with E-state index in [1.54, 1.807) is 10.6 Å². The lowest BCUT2D eigenvalue weighted by molar-refractivity contribution is 0.0688. The summed E-state index contributed by atoms with van der Waals surface area (Å²) in [6, 6.07) is 9.60. The van der Waals surface area contributed by atoms with Crippen molar-refractivity contribution in [2.75, 3.05) is 0 Å². The summed E-state index contributed by atoms with van der Waals surface area (Å²) in [4.78, 5) is 11.1. The van der Waals surface area contributed by atoms with Crippen LogP contribution in [0, 0.1) is 3.57 Å². The molecule has 0 saturated carbocycles. The summed E-state index contributed by atoms with van der Waals surface area (Å²) in [5.74, 6) is -0.910. The Bertz CT molecular complexity index is 543. The maximum atomic E-state index is 11.1. The average Bonchev–Trinajstić information content (AvgIpc) is 2.72. The predicted octanol–water partition coefficient (Wildman–Crippen LogP) is 3.34. The molecular weight excluding hydrogens is 329 g/mol. The van der Waals surface area contributed by atoms with Crippen LogP contribution in [0.25, 0.3) is 5.69 Å². The summed E-state index contributed by atoms with van der Waals surface area (Å²) in [5, 5.41) is 9.12. The van der Waals surface area contributed by atoms with Crippen LogP contribution in [0.4, 0.5) is 0 Å². The Labute approximate surface area is 113 Å². The van der Waals surface area contributed by atoms with Crippen LogP contribution in [-0.4, -0.2) is 15.6 Å². The van der Waals surface area contributed by atoms with E-state index in [9.17, 15) is 4.79 Å². The van der Waals surface area contributed by atoms with Crippen molar-refractivity contribution in [1.82, 2.24) is 4.57 Å². The highest BCUT2D eigenvalue weighted by Crippen LogP contribution is 2.18. The van der Waals surface area contributed by atoms with Gasteiger partial charge in [-0.3, -0.25) is 0 Å². The first-order valence-corrected chi connectivity index (χ1v) is 6.40. The highest BCUT2D eigenvalue weighted by molar-refractivity contribution is 14.1. The molecule has 0 bridgehead atoms. The van der Waals surface area contributed by atoms with Gasteiger partial charge in [-0.1, -0.05) is 19.1 Å². The molecule has 0 aliphatic rings. The molecule has 1 aromatic carbocycles. The zero-order valence-corrected chi connectivity index (χ0v) is 11.5. The molecule has 0 spiro atoms. The number of carbonyl (C=O) groups is 1. The standard InChI is InChI=1S/C13H12INO2/c1-2-9-3-5-11(6-4-9)15-8-10(14)7-12(15)13(16)17/h3-8H,2H2,1H3,(H,16,17). The summed E-state index contributed by atoms with van der Waals surface area (Å²) >= 11 is 2.12. The van der Waals surface area contributed by atoms with Gasteiger partial charge >= 0.3 is 5.97 Å². The topological polar surface area (TPSA) is 42.2 Å². The molecule has 0 fully saturated rings. The molecule has 0 radical (unpaired) electrons. The van der Waals surface area contributed by atoms with E-state index in [1.165, 1.54) is 5.56 Å². The minimum Gasteiger partial charge on any atom is -0.477 e. The van der Waals surface area contributed by atoms with Gasteiger partial charge in [-0.05, 0) is 52.8 Å². The highest BCUT2D eigenvalue weighted by atomic mass is 127. The summed E-state index contributed by atoms with van der Waals surface area (Å²) < 4.78 is 2.61. The number of hydrogen-bond donors (Lipinski definition) is 1. The molecule has 0 aliphatic heterocycles. The fraction of sp³-hybridized carbons (Fsp3) is 0.154. The van der Waals surface area contributed by atoms with Crippen molar-refractivity contribution < 1.29 is 9.90 Å². The summed E-state index contributed by atoms with van der Waals surface area (Å²) in [7, 11) is 0. The highest BCUT2D eigenvalue weighted by Gasteiger charge is 2.12. The molecule has 0 aliphatic carbocycles.